The number of fused-ring (bicyclic) bond motifs is 3. The first-order valence-corrected chi connectivity index (χ1v) is 6.80. The number of aromatic amines is 1. The summed E-state index contributed by atoms with van der Waals surface area (Å²) in [6.07, 6.45) is 0. The summed E-state index contributed by atoms with van der Waals surface area (Å²) in [6, 6.07) is 4.54. The van der Waals surface area contributed by atoms with Crippen LogP contribution < -0.4 is 0 Å². The van der Waals surface area contributed by atoms with Crippen LogP contribution in [-0.2, 0) is 0 Å². The molecule has 0 saturated heterocycles. The molecule has 78 valence electrons. The van der Waals surface area contributed by atoms with Gasteiger partial charge in [0.2, 0.25) is 0 Å². The van der Waals surface area contributed by atoms with E-state index in [9.17, 15) is 0 Å². The van der Waals surface area contributed by atoms with Crippen LogP contribution in [0.1, 0.15) is 29.5 Å². The maximum absolute atomic E-state index is 3.49. The molecule has 3 heteroatoms. The lowest BCUT2D eigenvalue weighted by molar-refractivity contribution is 0.890. The molecule has 0 spiro atoms. The van der Waals surface area contributed by atoms with Gasteiger partial charge in [-0.3, -0.25) is 0 Å². The molecule has 0 unspecified atom stereocenters. The molecule has 0 aliphatic carbocycles. The molecule has 3 rings (SSSR count). The van der Waals surface area contributed by atoms with Crippen molar-refractivity contribution in [2.75, 3.05) is 0 Å². The van der Waals surface area contributed by atoms with E-state index >= 15 is 0 Å². The van der Waals surface area contributed by atoms with Crippen LogP contribution in [0.5, 0.6) is 0 Å². The van der Waals surface area contributed by atoms with Gasteiger partial charge >= 0.3 is 0 Å². The van der Waals surface area contributed by atoms with E-state index < -0.39 is 0 Å². The zero-order valence-electron chi connectivity index (χ0n) is 9.05. The predicted molar refractivity (Wildman–Crippen MR) is 70.4 cm³/mol. The van der Waals surface area contributed by atoms with E-state index in [2.05, 4.69) is 37.9 Å². The van der Waals surface area contributed by atoms with Crippen LogP contribution in [0.3, 0.4) is 0 Å². The van der Waals surface area contributed by atoms with Gasteiger partial charge in [0, 0.05) is 9.75 Å². The van der Waals surface area contributed by atoms with Gasteiger partial charge in [-0.25, -0.2) is 0 Å². The van der Waals surface area contributed by atoms with Gasteiger partial charge in [0.05, 0.1) is 20.4 Å². The van der Waals surface area contributed by atoms with Gasteiger partial charge in [-0.1, -0.05) is 13.8 Å². The molecule has 3 aromatic heterocycles. The van der Waals surface area contributed by atoms with Crippen molar-refractivity contribution >= 4 is 43.1 Å². The Morgan fingerprint density at radius 3 is 2.47 bits per heavy atom. The Labute approximate surface area is 96.7 Å². The van der Waals surface area contributed by atoms with Gasteiger partial charge in [0.15, 0.2) is 0 Å². The van der Waals surface area contributed by atoms with Crippen molar-refractivity contribution in [3.8, 4) is 0 Å². The summed E-state index contributed by atoms with van der Waals surface area (Å²) in [7, 11) is 0. The summed E-state index contributed by atoms with van der Waals surface area (Å²) in [6.45, 7) is 6.67. The SMILES string of the molecule is Cc1cc2[nH]c3cc(C(C)C)sc3c2s1. The molecule has 1 N–H and O–H groups in total. The lowest BCUT2D eigenvalue weighted by Gasteiger charge is -1.96. The third kappa shape index (κ3) is 1.34. The largest absolute Gasteiger partial charge is 0.353 e. The number of hydrogen-bond donors (Lipinski definition) is 1. The van der Waals surface area contributed by atoms with Crippen LogP contribution in [0.2, 0.25) is 0 Å². The number of hydrogen-bond acceptors (Lipinski definition) is 2. The maximum atomic E-state index is 3.49. The zero-order valence-corrected chi connectivity index (χ0v) is 10.7. The molecule has 0 radical (unpaired) electrons. The first-order valence-electron chi connectivity index (χ1n) is 5.16. The standard InChI is InChI=1S/C12H13NS2/c1-6(2)10-5-9-12(15-10)11-8(13-9)4-7(3)14-11/h4-6,13H,1-3H3. The number of aromatic nitrogens is 1. The second-order valence-electron chi connectivity index (χ2n) is 4.27. The average molecular weight is 235 g/mol. The Bertz CT molecular complexity index is 624. The molecular formula is C12H13NS2. The van der Waals surface area contributed by atoms with Crippen LogP contribution in [0.15, 0.2) is 12.1 Å². The fraction of sp³-hybridized carbons (Fsp3) is 0.333. The summed E-state index contributed by atoms with van der Waals surface area (Å²) < 4.78 is 2.87. The van der Waals surface area contributed by atoms with Gasteiger partial charge < -0.3 is 4.98 Å². The minimum Gasteiger partial charge on any atom is -0.353 e. The van der Waals surface area contributed by atoms with Crippen molar-refractivity contribution in [3.63, 3.8) is 0 Å². The Balaban J connectivity index is 2.35. The van der Waals surface area contributed by atoms with Crippen molar-refractivity contribution in [1.82, 2.24) is 4.98 Å². The predicted octanol–water partition coefficient (Wildman–Crippen LogP) is 4.88. The minimum atomic E-state index is 0.631. The highest BCUT2D eigenvalue weighted by Crippen LogP contribution is 2.39. The van der Waals surface area contributed by atoms with E-state index in [1.165, 1.54) is 30.2 Å². The molecule has 0 aliphatic heterocycles. The maximum Gasteiger partial charge on any atom is 0.0701 e. The lowest BCUT2D eigenvalue weighted by Crippen LogP contribution is -1.78. The van der Waals surface area contributed by atoms with Crippen LogP contribution in [0, 0.1) is 6.92 Å². The Morgan fingerprint density at radius 1 is 1.07 bits per heavy atom. The lowest BCUT2D eigenvalue weighted by atomic mass is 10.2. The summed E-state index contributed by atoms with van der Waals surface area (Å²) >= 11 is 3.83. The molecule has 0 aromatic carbocycles. The van der Waals surface area contributed by atoms with Gasteiger partial charge in [-0.05, 0) is 25.0 Å². The molecule has 0 aliphatic rings. The van der Waals surface area contributed by atoms with E-state index in [1.807, 2.05) is 22.7 Å². The number of thiophene rings is 2. The molecule has 3 aromatic rings. The molecule has 0 saturated carbocycles. The van der Waals surface area contributed by atoms with Crippen molar-refractivity contribution in [1.29, 1.82) is 0 Å². The third-order valence-corrected chi connectivity index (χ3v) is 5.30. The van der Waals surface area contributed by atoms with Crippen LogP contribution in [0.25, 0.3) is 20.4 Å². The highest BCUT2D eigenvalue weighted by Gasteiger charge is 2.12. The topological polar surface area (TPSA) is 15.8 Å². The highest BCUT2D eigenvalue weighted by molar-refractivity contribution is 7.27. The Kier molecular flexibility index (Phi) is 1.94. The van der Waals surface area contributed by atoms with E-state index in [4.69, 9.17) is 0 Å². The fourth-order valence-corrected chi connectivity index (χ4v) is 4.12. The van der Waals surface area contributed by atoms with Crippen molar-refractivity contribution in [3.05, 3.63) is 21.9 Å². The smallest absolute Gasteiger partial charge is 0.0701 e. The number of nitrogens with one attached hydrogen (secondary N) is 1. The van der Waals surface area contributed by atoms with Crippen LogP contribution in [0.4, 0.5) is 0 Å². The normalized spacial score (nSPS) is 12.3. The quantitative estimate of drug-likeness (QED) is 0.619. The molecule has 1 nitrogen and oxygen atoms in total. The second-order valence-corrected chi connectivity index (χ2v) is 6.61. The van der Waals surface area contributed by atoms with Crippen molar-refractivity contribution in [2.24, 2.45) is 0 Å². The number of rotatable bonds is 1. The van der Waals surface area contributed by atoms with Gasteiger partial charge in [-0.15, -0.1) is 22.7 Å². The van der Waals surface area contributed by atoms with E-state index in [1.54, 1.807) is 0 Å². The Hall–Kier alpha value is -0.800. The number of H-pyrrole nitrogens is 1. The fourth-order valence-electron chi connectivity index (χ4n) is 1.88. The summed E-state index contributed by atoms with van der Waals surface area (Å²) in [5.74, 6) is 0.631. The van der Waals surface area contributed by atoms with Gasteiger partial charge in [0.25, 0.3) is 0 Å². The van der Waals surface area contributed by atoms with E-state index in [-0.39, 0.29) is 0 Å². The highest BCUT2D eigenvalue weighted by atomic mass is 32.1. The van der Waals surface area contributed by atoms with Crippen molar-refractivity contribution in [2.45, 2.75) is 26.7 Å². The summed E-state index contributed by atoms with van der Waals surface area (Å²) in [5, 5.41) is 0. The molecule has 15 heavy (non-hydrogen) atoms. The van der Waals surface area contributed by atoms with Crippen LogP contribution in [-0.4, -0.2) is 4.98 Å². The first kappa shape index (κ1) is 9.43. The van der Waals surface area contributed by atoms with Crippen molar-refractivity contribution < 1.29 is 0 Å². The molecular weight excluding hydrogens is 222 g/mol. The molecule has 0 amide bonds. The van der Waals surface area contributed by atoms with Crippen LogP contribution >= 0.6 is 22.7 Å². The molecule has 0 bridgehead atoms. The zero-order chi connectivity index (χ0) is 10.6. The van der Waals surface area contributed by atoms with Gasteiger partial charge in [0.1, 0.15) is 0 Å². The summed E-state index contributed by atoms with van der Waals surface area (Å²) in [5.41, 5.74) is 2.61. The van der Waals surface area contributed by atoms with Gasteiger partial charge in [-0.2, -0.15) is 0 Å². The first-order chi connectivity index (χ1) is 7.15. The monoisotopic (exact) mass is 235 g/mol. The third-order valence-electron chi connectivity index (χ3n) is 2.65. The molecule has 0 fully saturated rings. The van der Waals surface area contributed by atoms with E-state index in [0.717, 1.165) is 0 Å². The minimum absolute atomic E-state index is 0.631. The summed E-state index contributed by atoms with van der Waals surface area (Å²) in [4.78, 5) is 6.36. The Morgan fingerprint density at radius 2 is 1.73 bits per heavy atom. The molecule has 3 heterocycles. The average Bonchev–Trinajstić information content (AvgIpc) is 2.73. The van der Waals surface area contributed by atoms with E-state index in [0.29, 0.717) is 5.92 Å². The molecule has 0 atom stereocenters. The second kappa shape index (κ2) is 3.09. The number of aryl methyl sites for hydroxylation is 1.